The molecule has 1 rings (SSSR count). The van der Waals surface area contributed by atoms with E-state index in [9.17, 15) is 19.2 Å². The molecule has 1 heterocycles. The third kappa shape index (κ3) is 9.38. The summed E-state index contributed by atoms with van der Waals surface area (Å²) in [6, 6.07) is 0. The summed E-state index contributed by atoms with van der Waals surface area (Å²) in [5.41, 5.74) is 1.16. The Morgan fingerprint density at radius 2 is 1.85 bits per heavy atom. The maximum Gasteiger partial charge on any atom is 0.407 e. The number of H-pyrrole nitrogens is 2. The van der Waals surface area contributed by atoms with Crippen molar-refractivity contribution < 1.29 is 14.3 Å². The number of amides is 2. The van der Waals surface area contributed by atoms with Crippen molar-refractivity contribution in [3.63, 3.8) is 0 Å². The second-order valence-corrected chi connectivity index (χ2v) is 6.98. The van der Waals surface area contributed by atoms with Gasteiger partial charge in [0.1, 0.15) is 5.60 Å². The van der Waals surface area contributed by atoms with Crippen LogP contribution in [-0.4, -0.2) is 40.3 Å². The maximum atomic E-state index is 11.7. The average molecular weight is 381 g/mol. The van der Waals surface area contributed by atoms with Crippen molar-refractivity contribution >= 4 is 18.2 Å². The van der Waals surface area contributed by atoms with Crippen LogP contribution in [0.4, 0.5) is 4.79 Å². The van der Waals surface area contributed by atoms with Crippen molar-refractivity contribution in [3.8, 4) is 0 Å². The molecule has 0 atom stereocenters. The number of aryl methyl sites for hydroxylation is 1. The first-order valence-corrected chi connectivity index (χ1v) is 8.70. The Morgan fingerprint density at radius 3 is 2.48 bits per heavy atom. The summed E-state index contributed by atoms with van der Waals surface area (Å²) in [5, 5.41) is 6.38. The Labute approximate surface area is 156 Å². The van der Waals surface area contributed by atoms with Gasteiger partial charge in [-0.1, -0.05) is 6.42 Å². The number of nitrogens with one attached hydrogen (secondary N) is 4. The number of aromatic nitrogens is 2. The third-order valence-electron chi connectivity index (χ3n) is 3.31. The van der Waals surface area contributed by atoms with Crippen molar-refractivity contribution in [1.29, 1.82) is 0 Å². The van der Waals surface area contributed by atoms with Crippen molar-refractivity contribution in [2.45, 2.75) is 59.0 Å². The first-order chi connectivity index (χ1) is 12.6. The van der Waals surface area contributed by atoms with Crippen molar-refractivity contribution in [2.24, 2.45) is 5.10 Å². The molecule has 0 aliphatic heterocycles. The van der Waals surface area contributed by atoms with E-state index >= 15 is 0 Å². The van der Waals surface area contributed by atoms with Crippen LogP contribution < -0.4 is 22.0 Å². The van der Waals surface area contributed by atoms with Gasteiger partial charge >= 0.3 is 11.8 Å². The van der Waals surface area contributed by atoms with E-state index in [1.807, 2.05) is 0 Å². The molecule has 0 saturated heterocycles. The highest BCUT2D eigenvalue weighted by molar-refractivity contribution is 5.82. The lowest BCUT2D eigenvalue weighted by atomic mass is 10.2. The van der Waals surface area contributed by atoms with E-state index in [2.05, 4.69) is 25.8 Å². The smallest absolute Gasteiger partial charge is 0.407 e. The Balaban J connectivity index is 2.22. The Kier molecular flexibility index (Phi) is 8.43. The lowest BCUT2D eigenvalue weighted by Gasteiger charge is -2.19. The standard InChI is InChI=1S/C17H27N5O5/c1-11-12(14(24)21-15(25)20-11)10-19-22-13(23)8-6-5-7-9-18-16(26)27-17(2,3)4/h10H,5-9H2,1-4H3,(H,18,26)(H,22,23)(H2,20,21,24,25)/b19-10+. The monoisotopic (exact) mass is 381 g/mol. The largest absolute Gasteiger partial charge is 0.444 e. The van der Waals surface area contributed by atoms with Crippen LogP contribution in [0.5, 0.6) is 0 Å². The highest BCUT2D eigenvalue weighted by Crippen LogP contribution is 2.06. The minimum Gasteiger partial charge on any atom is -0.444 e. The molecule has 0 aliphatic carbocycles. The molecule has 0 fully saturated rings. The topological polar surface area (TPSA) is 146 Å². The van der Waals surface area contributed by atoms with Gasteiger partial charge in [-0.15, -0.1) is 0 Å². The van der Waals surface area contributed by atoms with Crippen LogP contribution >= 0.6 is 0 Å². The van der Waals surface area contributed by atoms with Crippen LogP contribution in [0.25, 0.3) is 0 Å². The van der Waals surface area contributed by atoms with E-state index < -0.39 is 22.9 Å². The van der Waals surface area contributed by atoms with Crippen LogP contribution in [0.15, 0.2) is 14.7 Å². The van der Waals surface area contributed by atoms with Gasteiger partial charge in [0.25, 0.3) is 5.56 Å². The van der Waals surface area contributed by atoms with E-state index in [1.54, 1.807) is 27.7 Å². The van der Waals surface area contributed by atoms with Crippen molar-refractivity contribution in [2.75, 3.05) is 6.54 Å². The lowest BCUT2D eigenvalue weighted by molar-refractivity contribution is -0.121. The Morgan fingerprint density at radius 1 is 1.15 bits per heavy atom. The predicted molar refractivity (Wildman–Crippen MR) is 101 cm³/mol. The number of nitrogens with zero attached hydrogens (tertiary/aromatic N) is 1. The molecule has 2 amide bonds. The number of carbonyl (C=O) groups is 2. The fourth-order valence-corrected chi connectivity index (χ4v) is 2.08. The Hall–Kier alpha value is -2.91. The number of hydrogen-bond donors (Lipinski definition) is 4. The molecule has 27 heavy (non-hydrogen) atoms. The number of carbonyl (C=O) groups excluding carboxylic acids is 2. The number of alkyl carbamates (subject to hydrolysis) is 1. The summed E-state index contributed by atoms with van der Waals surface area (Å²) in [5.74, 6) is -0.287. The third-order valence-corrected chi connectivity index (χ3v) is 3.31. The number of hydrogen-bond acceptors (Lipinski definition) is 6. The van der Waals surface area contributed by atoms with Crippen LogP contribution in [0.1, 0.15) is 57.7 Å². The van der Waals surface area contributed by atoms with E-state index in [4.69, 9.17) is 4.74 Å². The number of hydrazone groups is 1. The fraction of sp³-hybridized carbons (Fsp3) is 0.588. The zero-order valence-electron chi connectivity index (χ0n) is 16.1. The van der Waals surface area contributed by atoms with E-state index in [-0.39, 0.29) is 17.9 Å². The van der Waals surface area contributed by atoms with Gasteiger partial charge in [0.05, 0.1) is 11.8 Å². The summed E-state index contributed by atoms with van der Waals surface area (Å²) in [6.45, 7) is 7.42. The molecule has 0 unspecified atom stereocenters. The quantitative estimate of drug-likeness (QED) is 0.300. The SMILES string of the molecule is Cc1[nH]c(=O)[nH]c(=O)c1/C=N/NC(=O)CCCCCNC(=O)OC(C)(C)C. The van der Waals surface area contributed by atoms with Crippen molar-refractivity contribution in [3.05, 3.63) is 32.1 Å². The highest BCUT2D eigenvalue weighted by atomic mass is 16.6. The van der Waals surface area contributed by atoms with Crippen LogP contribution in [-0.2, 0) is 9.53 Å². The maximum absolute atomic E-state index is 11.7. The van der Waals surface area contributed by atoms with Gasteiger partial charge in [-0.05, 0) is 40.5 Å². The van der Waals surface area contributed by atoms with E-state index in [1.165, 1.54) is 6.21 Å². The predicted octanol–water partition coefficient (Wildman–Crippen LogP) is 0.907. The first-order valence-electron chi connectivity index (χ1n) is 8.70. The van der Waals surface area contributed by atoms with Gasteiger partial charge in [-0.3, -0.25) is 14.6 Å². The second-order valence-electron chi connectivity index (χ2n) is 6.98. The number of unbranched alkanes of at least 4 members (excludes halogenated alkanes) is 2. The number of rotatable bonds is 8. The Bertz CT molecular complexity index is 788. The van der Waals surface area contributed by atoms with E-state index in [0.29, 0.717) is 18.7 Å². The van der Waals surface area contributed by atoms with Gasteiger partial charge < -0.3 is 15.0 Å². The van der Waals surface area contributed by atoms with Gasteiger partial charge in [0, 0.05) is 18.7 Å². The van der Waals surface area contributed by atoms with Gasteiger partial charge in [-0.25, -0.2) is 15.0 Å². The molecule has 4 N–H and O–H groups in total. The molecule has 0 aliphatic rings. The van der Waals surface area contributed by atoms with Gasteiger partial charge in [0.2, 0.25) is 5.91 Å². The molecule has 0 saturated carbocycles. The molecular weight excluding hydrogens is 354 g/mol. The molecular formula is C17H27N5O5. The summed E-state index contributed by atoms with van der Waals surface area (Å²) < 4.78 is 5.11. The van der Waals surface area contributed by atoms with Crippen LogP contribution in [0.2, 0.25) is 0 Å². The summed E-state index contributed by atoms with van der Waals surface area (Å²) in [4.78, 5) is 50.4. The van der Waals surface area contributed by atoms with Crippen LogP contribution in [0, 0.1) is 6.92 Å². The van der Waals surface area contributed by atoms with Crippen molar-refractivity contribution in [1.82, 2.24) is 20.7 Å². The molecule has 0 spiro atoms. The minimum absolute atomic E-state index is 0.170. The number of ether oxygens (including phenoxy) is 1. The number of aromatic amines is 2. The fourth-order valence-electron chi connectivity index (χ4n) is 2.08. The summed E-state index contributed by atoms with van der Waals surface area (Å²) in [7, 11) is 0. The highest BCUT2D eigenvalue weighted by Gasteiger charge is 2.15. The molecule has 0 radical (unpaired) electrons. The molecule has 1 aromatic heterocycles. The van der Waals surface area contributed by atoms with Gasteiger partial charge in [0.15, 0.2) is 0 Å². The van der Waals surface area contributed by atoms with Gasteiger partial charge in [-0.2, -0.15) is 5.10 Å². The lowest BCUT2D eigenvalue weighted by Crippen LogP contribution is -2.33. The van der Waals surface area contributed by atoms with E-state index in [0.717, 1.165) is 12.8 Å². The molecule has 10 heteroatoms. The minimum atomic E-state index is -0.597. The molecule has 150 valence electrons. The molecule has 0 bridgehead atoms. The average Bonchev–Trinajstić information content (AvgIpc) is 2.51. The summed E-state index contributed by atoms with van der Waals surface area (Å²) in [6.07, 6.45) is 3.11. The van der Waals surface area contributed by atoms with Crippen LogP contribution in [0.3, 0.4) is 0 Å². The summed E-state index contributed by atoms with van der Waals surface area (Å²) >= 11 is 0. The second kappa shape index (κ2) is 10.3. The zero-order valence-corrected chi connectivity index (χ0v) is 16.1. The molecule has 10 nitrogen and oxygen atoms in total. The molecule has 1 aromatic rings. The molecule has 0 aromatic carbocycles. The normalized spacial score (nSPS) is 11.4. The first kappa shape index (κ1) is 22.1. The zero-order chi connectivity index (χ0) is 20.4.